The summed E-state index contributed by atoms with van der Waals surface area (Å²) in [4.78, 5) is 10.9. The highest BCUT2D eigenvalue weighted by molar-refractivity contribution is 5.29. The Labute approximate surface area is 102 Å². The van der Waals surface area contributed by atoms with Crippen LogP contribution in [0.5, 0.6) is 5.88 Å². The molecule has 1 fully saturated rings. The Morgan fingerprint density at radius 2 is 2.06 bits per heavy atom. The first-order valence-electron chi connectivity index (χ1n) is 6.06. The van der Waals surface area contributed by atoms with Gasteiger partial charge in [-0.1, -0.05) is 0 Å². The molecule has 17 heavy (non-hydrogen) atoms. The van der Waals surface area contributed by atoms with Crippen molar-refractivity contribution in [1.29, 1.82) is 0 Å². The van der Waals surface area contributed by atoms with Crippen molar-refractivity contribution in [1.82, 2.24) is 14.9 Å². The molecule has 1 aliphatic rings. The number of rotatable bonds is 3. The third-order valence-corrected chi connectivity index (χ3v) is 3.01. The van der Waals surface area contributed by atoms with Crippen LogP contribution >= 0.6 is 0 Å². The van der Waals surface area contributed by atoms with Crippen LogP contribution in [-0.4, -0.2) is 48.2 Å². The lowest BCUT2D eigenvalue weighted by Gasteiger charge is -2.29. The Morgan fingerprint density at radius 1 is 1.35 bits per heavy atom. The minimum atomic E-state index is 0.283. The van der Waals surface area contributed by atoms with Crippen molar-refractivity contribution < 1.29 is 4.74 Å². The third kappa shape index (κ3) is 3.30. The fourth-order valence-electron chi connectivity index (χ4n) is 1.99. The predicted molar refractivity (Wildman–Crippen MR) is 67.5 cm³/mol. The van der Waals surface area contributed by atoms with Gasteiger partial charge in [0.25, 0.3) is 0 Å². The first-order valence-corrected chi connectivity index (χ1v) is 6.06. The molecule has 5 nitrogen and oxygen atoms in total. The van der Waals surface area contributed by atoms with Crippen LogP contribution in [-0.2, 0) is 0 Å². The van der Waals surface area contributed by atoms with Crippen molar-refractivity contribution in [3.8, 4) is 5.88 Å². The zero-order chi connectivity index (χ0) is 12.3. The van der Waals surface area contributed by atoms with Gasteiger partial charge in [-0.2, -0.15) is 4.98 Å². The number of nitrogens with one attached hydrogen (secondary N) is 1. The number of aromatic nitrogens is 2. The molecule has 0 spiro atoms. The van der Waals surface area contributed by atoms with Gasteiger partial charge in [0.2, 0.25) is 11.8 Å². The van der Waals surface area contributed by atoms with Gasteiger partial charge in [0.1, 0.15) is 6.10 Å². The number of hydrogen-bond donors (Lipinski definition) is 1. The van der Waals surface area contributed by atoms with Crippen LogP contribution < -0.4 is 10.1 Å². The first kappa shape index (κ1) is 12.1. The minimum absolute atomic E-state index is 0.283. The molecule has 0 bridgehead atoms. The normalized spacial score (nSPS) is 18.1. The topological polar surface area (TPSA) is 50.3 Å². The summed E-state index contributed by atoms with van der Waals surface area (Å²) in [5.41, 5.74) is 0.923. The van der Waals surface area contributed by atoms with E-state index in [-0.39, 0.29) is 6.10 Å². The van der Waals surface area contributed by atoms with Crippen molar-refractivity contribution >= 4 is 5.95 Å². The second-order valence-electron chi connectivity index (χ2n) is 4.54. The zero-order valence-electron chi connectivity index (χ0n) is 10.7. The molecule has 0 atom stereocenters. The van der Waals surface area contributed by atoms with Crippen LogP contribution in [0.15, 0.2) is 6.07 Å². The van der Waals surface area contributed by atoms with E-state index in [9.17, 15) is 0 Å². The van der Waals surface area contributed by atoms with Crippen LogP contribution in [0.4, 0.5) is 5.95 Å². The van der Waals surface area contributed by atoms with E-state index in [1.807, 2.05) is 20.0 Å². The van der Waals surface area contributed by atoms with Crippen molar-refractivity contribution in [3.05, 3.63) is 11.8 Å². The standard InChI is InChI=1S/C12H20N4O/c1-9-8-11(15-12(13-2)14-9)17-10-4-6-16(3)7-5-10/h8,10H,4-7H2,1-3H3,(H,13,14,15). The molecule has 0 aromatic carbocycles. The summed E-state index contributed by atoms with van der Waals surface area (Å²) >= 11 is 0. The van der Waals surface area contributed by atoms with E-state index in [0.29, 0.717) is 11.8 Å². The highest BCUT2D eigenvalue weighted by Gasteiger charge is 2.18. The zero-order valence-corrected chi connectivity index (χ0v) is 10.7. The molecule has 1 saturated heterocycles. The Balaban J connectivity index is 2.00. The Hall–Kier alpha value is -1.36. The highest BCUT2D eigenvalue weighted by Crippen LogP contribution is 2.18. The molecule has 0 saturated carbocycles. The lowest BCUT2D eigenvalue weighted by molar-refractivity contribution is 0.110. The molecule has 94 valence electrons. The summed E-state index contributed by atoms with van der Waals surface area (Å²) in [7, 11) is 3.96. The SMILES string of the molecule is CNc1nc(C)cc(OC2CCN(C)CC2)n1. The Bertz CT molecular complexity index is 375. The summed E-state index contributed by atoms with van der Waals surface area (Å²) < 4.78 is 5.91. The van der Waals surface area contributed by atoms with Gasteiger partial charge in [-0.25, -0.2) is 4.98 Å². The molecule has 5 heteroatoms. The average molecular weight is 236 g/mol. The first-order chi connectivity index (χ1) is 8.17. The second kappa shape index (κ2) is 5.31. The molecule has 2 rings (SSSR count). The maximum atomic E-state index is 5.91. The molecule has 1 N–H and O–H groups in total. The maximum absolute atomic E-state index is 5.91. The molecular weight excluding hydrogens is 216 g/mol. The van der Waals surface area contributed by atoms with E-state index in [2.05, 4.69) is 27.2 Å². The van der Waals surface area contributed by atoms with E-state index in [1.165, 1.54) is 0 Å². The predicted octanol–water partition coefficient (Wildman–Crippen LogP) is 1.30. The van der Waals surface area contributed by atoms with Crippen molar-refractivity contribution in [2.75, 3.05) is 32.5 Å². The molecule has 0 aliphatic carbocycles. The summed E-state index contributed by atoms with van der Waals surface area (Å²) in [6, 6.07) is 1.89. The summed E-state index contributed by atoms with van der Waals surface area (Å²) in [5, 5.41) is 2.94. The Morgan fingerprint density at radius 3 is 2.71 bits per heavy atom. The van der Waals surface area contributed by atoms with Crippen LogP contribution in [0.2, 0.25) is 0 Å². The third-order valence-electron chi connectivity index (χ3n) is 3.01. The minimum Gasteiger partial charge on any atom is -0.474 e. The number of hydrogen-bond acceptors (Lipinski definition) is 5. The van der Waals surface area contributed by atoms with E-state index in [0.717, 1.165) is 31.6 Å². The van der Waals surface area contributed by atoms with Gasteiger partial charge >= 0.3 is 0 Å². The molecule has 0 radical (unpaired) electrons. The van der Waals surface area contributed by atoms with Crippen molar-refractivity contribution in [3.63, 3.8) is 0 Å². The van der Waals surface area contributed by atoms with Gasteiger partial charge in [-0.15, -0.1) is 0 Å². The fraction of sp³-hybridized carbons (Fsp3) is 0.667. The number of nitrogens with zero attached hydrogens (tertiary/aromatic N) is 3. The smallest absolute Gasteiger partial charge is 0.225 e. The number of piperidine rings is 1. The molecular formula is C12H20N4O. The van der Waals surface area contributed by atoms with Gasteiger partial charge in [-0.05, 0) is 26.8 Å². The summed E-state index contributed by atoms with van der Waals surface area (Å²) in [6.07, 6.45) is 2.41. The number of ether oxygens (including phenoxy) is 1. The molecule has 1 aliphatic heterocycles. The van der Waals surface area contributed by atoms with E-state index in [4.69, 9.17) is 4.74 Å². The lowest BCUT2D eigenvalue weighted by atomic mass is 10.1. The van der Waals surface area contributed by atoms with Gasteiger partial charge in [0, 0.05) is 31.9 Å². The van der Waals surface area contributed by atoms with Gasteiger partial charge < -0.3 is 15.0 Å². The Kier molecular flexibility index (Phi) is 3.78. The molecule has 0 amide bonds. The van der Waals surface area contributed by atoms with Crippen LogP contribution in [0, 0.1) is 6.92 Å². The molecule has 1 aromatic heterocycles. The summed E-state index contributed by atoms with van der Waals surface area (Å²) in [6.45, 7) is 4.13. The van der Waals surface area contributed by atoms with Gasteiger partial charge in [0.05, 0.1) is 0 Å². The van der Waals surface area contributed by atoms with Gasteiger partial charge in [-0.3, -0.25) is 0 Å². The van der Waals surface area contributed by atoms with E-state index in [1.54, 1.807) is 0 Å². The summed E-state index contributed by atoms with van der Waals surface area (Å²) in [5.74, 6) is 1.30. The maximum Gasteiger partial charge on any atom is 0.225 e. The van der Waals surface area contributed by atoms with Gasteiger partial charge in [0.15, 0.2) is 0 Å². The fourth-order valence-corrected chi connectivity index (χ4v) is 1.99. The number of likely N-dealkylation sites (tertiary alicyclic amines) is 1. The van der Waals surface area contributed by atoms with Crippen LogP contribution in [0.1, 0.15) is 18.5 Å². The lowest BCUT2D eigenvalue weighted by Crippen LogP contribution is -2.35. The van der Waals surface area contributed by atoms with E-state index >= 15 is 0 Å². The quantitative estimate of drug-likeness (QED) is 0.857. The number of aryl methyl sites for hydroxylation is 1. The highest BCUT2D eigenvalue weighted by atomic mass is 16.5. The van der Waals surface area contributed by atoms with Crippen molar-refractivity contribution in [2.45, 2.75) is 25.9 Å². The van der Waals surface area contributed by atoms with Crippen LogP contribution in [0.3, 0.4) is 0 Å². The largest absolute Gasteiger partial charge is 0.474 e. The monoisotopic (exact) mass is 236 g/mol. The van der Waals surface area contributed by atoms with Crippen molar-refractivity contribution in [2.24, 2.45) is 0 Å². The molecule has 1 aromatic rings. The number of anilines is 1. The second-order valence-corrected chi connectivity index (χ2v) is 4.54. The average Bonchev–Trinajstić information content (AvgIpc) is 2.31. The van der Waals surface area contributed by atoms with E-state index < -0.39 is 0 Å². The molecule has 0 unspecified atom stereocenters. The van der Waals surface area contributed by atoms with Crippen LogP contribution in [0.25, 0.3) is 0 Å². The molecule has 2 heterocycles.